The van der Waals surface area contributed by atoms with Crippen LogP contribution in [-0.2, 0) is 28.2 Å². The number of hydrogen-bond donors (Lipinski definition) is 0. The molecular formula is C12H16F3N3O4S. The topological polar surface area (TPSA) is 84.2 Å². The summed E-state index contributed by atoms with van der Waals surface area (Å²) in [6.45, 7) is 4.32. The molecule has 2 heterocycles. The molecule has 2 unspecified atom stereocenters. The molecule has 0 N–H and O–H groups in total. The van der Waals surface area contributed by atoms with E-state index in [-0.39, 0.29) is 13.2 Å². The summed E-state index contributed by atoms with van der Waals surface area (Å²) in [6.07, 6.45) is -4.47. The maximum Gasteiger partial charge on any atom is 0.434 e. The minimum absolute atomic E-state index is 0.153. The molecule has 1 aliphatic heterocycles. The van der Waals surface area contributed by atoms with Crippen LogP contribution in [0.3, 0.4) is 0 Å². The van der Waals surface area contributed by atoms with Crippen LogP contribution in [0, 0.1) is 0 Å². The Bertz CT molecular complexity index is 640. The van der Waals surface area contributed by atoms with Crippen molar-refractivity contribution < 1.29 is 35.4 Å². The number of halogens is 3. The maximum atomic E-state index is 12.6. The van der Waals surface area contributed by atoms with E-state index in [4.69, 9.17) is 4.18 Å². The van der Waals surface area contributed by atoms with Gasteiger partial charge in [0, 0.05) is 6.20 Å². The molecular weight excluding hydrogens is 339 g/mol. The summed E-state index contributed by atoms with van der Waals surface area (Å²) in [6, 6.07) is -0.879. The molecule has 7 nitrogen and oxygen atoms in total. The van der Waals surface area contributed by atoms with Crippen LogP contribution in [0.5, 0.6) is 0 Å². The zero-order valence-corrected chi connectivity index (χ0v) is 13.5. The highest BCUT2D eigenvalue weighted by molar-refractivity contribution is 7.74. The molecule has 1 amide bonds. The average Bonchev–Trinajstić information content (AvgIpc) is 2.93. The number of rotatable bonds is 2. The van der Waals surface area contributed by atoms with Crippen LogP contribution in [0.15, 0.2) is 12.5 Å². The number of alkyl halides is 3. The fourth-order valence-electron chi connectivity index (χ4n) is 2.72. The summed E-state index contributed by atoms with van der Waals surface area (Å²) in [5.74, 6) is 0. The number of aromatic nitrogens is 2. The van der Waals surface area contributed by atoms with Gasteiger partial charge in [-0.25, -0.2) is 9.17 Å². The van der Waals surface area contributed by atoms with Crippen molar-refractivity contribution in [2.75, 3.05) is 6.61 Å². The molecule has 0 radical (unpaired) electrons. The number of carbonyl (C=O) groups is 1. The first-order valence-corrected chi connectivity index (χ1v) is 7.69. The SMILES string of the molecule is CC(C)(C)[N+]1(C(=O)[O-])[C@@H](Cn2cnc(C(F)(F)F)c2)COS1=O. The van der Waals surface area contributed by atoms with E-state index in [9.17, 15) is 27.3 Å². The lowest BCUT2D eigenvalue weighted by Gasteiger charge is -2.44. The predicted octanol–water partition coefficient (Wildman–Crippen LogP) is 0.838. The van der Waals surface area contributed by atoms with Crippen LogP contribution < -0.4 is 5.11 Å². The van der Waals surface area contributed by atoms with Crippen molar-refractivity contribution in [3.63, 3.8) is 0 Å². The van der Waals surface area contributed by atoms with Crippen LogP contribution in [0.4, 0.5) is 18.0 Å². The zero-order chi connectivity index (χ0) is 17.6. The molecule has 0 saturated carbocycles. The van der Waals surface area contributed by atoms with Gasteiger partial charge in [-0.3, -0.25) is 0 Å². The molecule has 1 aromatic heterocycles. The van der Waals surface area contributed by atoms with Crippen molar-refractivity contribution in [3.05, 3.63) is 18.2 Å². The van der Waals surface area contributed by atoms with Crippen LogP contribution in [0.1, 0.15) is 26.5 Å². The Labute approximate surface area is 133 Å². The number of nitrogens with zero attached hydrogens (tertiary/aromatic N) is 3. The van der Waals surface area contributed by atoms with Gasteiger partial charge in [-0.1, -0.05) is 0 Å². The van der Waals surface area contributed by atoms with Gasteiger partial charge < -0.3 is 14.5 Å². The first-order valence-electron chi connectivity index (χ1n) is 6.65. The molecule has 1 aromatic rings. The van der Waals surface area contributed by atoms with Gasteiger partial charge in [0.2, 0.25) is 0 Å². The smallest absolute Gasteiger partial charge is 0.434 e. The number of amides is 1. The average molecular weight is 355 g/mol. The van der Waals surface area contributed by atoms with Crippen molar-refractivity contribution in [2.45, 2.75) is 45.1 Å². The van der Waals surface area contributed by atoms with Crippen LogP contribution in [-0.4, -0.2) is 41.9 Å². The summed E-state index contributed by atoms with van der Waals surface area (Å²) in [5.41, 5.74) is -2.13. The van der Waals surface area contributed by atoms with Crippen molar-refractivity contribution in [1.29, 1.82) is 0 Å². The fourth-order valence-corrected chi connectivity index (χ4v) is 4.10. The Hall–Kier alpha value is -1.46. The summed E-state index contributed by atoms with van der Waals surface area (Å²) in [4.78, 5) is 15.0. The number of quaternary nitrogens is 1. The first kappa shape index (κ1) is 17.9. The normalized spacial score (nSPS) is 29.0. The Kier molecular flexibility index (Phi) is 4.33. The van der Waals surface area contributed by atoms with Crippen molar-refractivity contribution in [1.82, 2.24) is 9.55 Å². The summed E-state index contributed by atoms with van der Waals surface area (Å²) in [7, 11) is 0. The van der Waals surface area contributed by atoms with Gasteiger partial charge >= 0.3 is 17.4 Å². The van der Waals surface area contributed by atoms with E-state index < -0.39 is 44.7 Å². The largest absolute Gasteiger partial charge is 0.497 e. The van der Waals surface area contributed by atoms with Gasteiger partial charge in [0.1, 0.15) is 12.1 Å². The number of hydrogen-bond acceptors (Lipinski definition) is 5. The van der Waals surface area contributed by atoms with Crippen LogP contribution in [0.2, 0.25) is 0 Å². The van der Waals surface area contributed by atoms with E-state index in [1.54, 1.807) is 20.8 Å². The molecule has 23 heavy (non-hydrogen) atoms. The second kappa shape index (κ2) is 5.56. The number of imidazole rings is 1. The third kappa shape index (κ3) is 2.88. The number of carbonyl (C=O) groups excluding carboxylic acids is 1. The molecule has 130 valence electrons. The van der Waals surface area contributed by atoms with Gasteiger partial charge in [-0.05, 0) is 20.8 Å². The van der Waals surface area contributed by atoms with Gasteiger partial charge in [0.05, 0.1) is 12.9 Å². The molecule has 2 rings (SSSR count). The lowest BCUT2D eigenvalue weighted by Crippen LogP contribution is -2.70. The summed E-state index contributed by atoms with van der Waals surface area (Å²) >= 11 is -2.21. The lowest BCUT2D eigenvalue weighted by molar-refractivity contribution is -0.822. The monoisotopic (exact) mass is 355 g/mol. The van der Waals surface area contributed by atoms with E-state index in [0.717, 1.165) is 17.1 Å². The fraction of sp³-hybridized carbons (Fsp3) is 0.667. The highest BCUT2D eigenvalue weighted by Crippen LogP contribution is 2.37. The number of carboxylic acid groups (broad SMARTS) is 1. The van der Waals surface area contributed by atoms with Gasteiger partial charge in [0.25, 0.3) is 6.09 Å². The minimum Gasteiger partial charge on any atom is -0.497 e. The van der Waals surface area contributed by atoms with E-state index >= 15 is 0 Å². The summed E-state index contributed by atoms with van der Waals surface area (Å²) < 4.78 is 55.0. The van der Waals surface area contributed by atoms with Gasteiger partial charge in [-0.2, -0.15) is 21.3 Å². The zero-order valence-electron chi connectivity index (χ0n) is 12.7. The highest BCUT2D eigenvalue weighted by Gasteiger charge is 2.60. The Morgan fingerprint density at radius 2 is 2.13 bits per heavy atom. The Morgan fingerprint density at radius 3 is 2.57 bits per heavy atom. The summed E-state index contributed by atoms with van der Waals surface area (Å²) in [5, 5.41) is 11.7. The van der Waals surface area contributed by atoms with Crippen LogP contribution in [0.25, 0.3) is 0 Å². The quantitative estimate of drug-likeness (QED) is 0.734. The molecule has 1 aliphatic rings. The van der Waals surface area contributed by atoms with Crippen molar-refractivity contribution in [3.8, 4) is 0 Å². The molecule has 0 spiro atoms. The molecule has 11 heteroatoms. The lowest BCUT2D eigenvalue weighted by atomic mass is 10.0. The van der Waals surface area contributed by atoms with E-state index in [0.29, 0.717) is 0 Å². The molecule has 1 fully saturated rings. The van der Waals surface area contributed by atoms with Crippen LogP contribution >= 0.6 is 0 Å². The molecule has 0 aromatic carbocycles. The van der Waals surface area contributed by atoms with Gasteiger partial charge in [0.15, 0.2) is 11.7 Å². The second-order valence-corrected chi connectivity index (χ2v) is 7.45. The van der Waals surface area contributed by atoms with E-state index in [1.807, 2.05) is 0 Å². The standard InChI is InChI=1S/C12H16F3N3O4S/c1-11(2,3)18(10(19)20)8(6-22-23(18)21)4-17-5-9(16-7-17)12(13,14)15/h5,7-8H,4,6H2,1-3H3/t8-,18?,23?/m0/s1. The third-order valence-electron chi connectivity index (χ3n) is 3.72. The highest BCUT2D eigenvalue weighted by atomic mass is 32.2. The molecule has 0 bridgehead atoms. The Balaban J connectivity index is 2.37. The van der Waals surface area contributed by atoms with E-state index in [2.05, 4.69) is 4.98 Å². The third-order valence-corrected chi connectivity index (χ3v) is 5.53. The molecule has 0 aliphatic carbocycles. The van der Waals surface area contributed by atoms with E-state index in [1.165, 1.54) is 0 Å². The predicted molar refractivity (Wildman–Crippen MR) is 70.5 cm³/mol. The molecule has 3 atom stereocenters. The van der Waals surface area contributed by atoms with Crippen molar-refractivity contribution >= 4 is 17.4 Å². The maximum absolute atomic E-state index is 12.6. The second-order valence-electron chi connectivity index (χ2n) is 6.20. The Morgan fingerprint density at radius 1 is 1.52 bits per heavy atom. The molecule has 1 saturated heterocycles. The van der Waals surface area contributed by atoms with Gasteiger partial charge in [-0.15, -0.1) is 0 Å². The first-order chi connectivity index (χ1) is 10.4. The van der Waals surface area contributed by atoms with Crippen molar-refractivity contribution in [2.24, 2.45) is 0 Å². The minimum atomic E-state index is -4.59.